The molecule has 0 saturated heterocycles. The first kappa shape index (κ1) is 19.5. The summed E-state index contributed by atoms with van der Waals surface area (Å²) in [4.78, 5) is 23.2. The lowest BCUT2D eigenvalue weighted by Crippen LogP contribution is -2.32. The van der Waals surface area contributed by atoms with Crippen molar-refractivity contribution >= 4 is 11.9 Å². The molecule has 7 heteroatoms. The van der Waals surface area contributed by atoms with Crippen molar-refractivity contribution in [3.63, 3.8) is 0 Å². The number of ether oxygens (including phenoxy) is 1. The highest BCUT2D eigenvalue weighted by Crippen LogP contribution is 2.29. The number of carboxylic acid groups (broad SMARTS) is 1. The SMILES string of the molecule is O=C(O)C(CC(F)(F)F)C(=O)OC(Cc1ccccc1)c1ccccc1. The van der Waals surface area contributed by atoms with Crippen LogP contribution in [0.15, 0.2) is 60.7 Å². The Balaban J connectivity index is 2.22. The van der Waals surface area contributed by atoms with E-state index in [4.69, 9.17) is 9.84 Å². The average Bonchev–Trinajstić information content (AvgIpc) is 2.60. The maximum atomic E-state index is 12.6. The van der Waals surface area contributed by atoms with E-state index < -0.39 is 36.6 Å². The lowest BCUT2D eigenvalue weighted by molar-refractivity contribution is -0.180. The van der Waals surface area contributed by atoms with Crippen LogP contribution in [-0.2, 0) is 20.7 Å². The second-order valence-corrected chi connectivity index (χ2v) is 5.74. The number of carbonyl (C=O) groups is 2. The fourth-order valence-corrected chi connectivity index (χ4v) is 2.45. The predicted octanol–water partition coefficient (Wildman–Crippen LogP) is 4.17. The topological polar surface area (TPSA) is 63.6 Å². The molecule has 0 bridgehead atoms. The number of carboxylic acids is 1. The van der Waals surface area contributed by atoms with E-state index in [1.165, 1.54) is 0 Å². The Hall–Kier alpha value is -2.83. The van der Waals surface area contributed by atoms with Crippen LogP contribution in [0.25, 0.3) is 0 Å². The molecule has 0 saturated carbocycles. The van der Waals surface area contributed by atoms with Crippen LogP contribution in [0.3, 0.4) is 0 Å². The van der Waals surface area contributed by atoms with Crippen molar-refractivity contribution in [3.05, 3.63) is 71.8 Å². The molecule has 2 unspecified atom stereocenters. The number of hydrogen-bond donors (Lipinski definition) is 1. The van der Waals surface area contributed by atoms with Crippen LogP contribution < -0.4 is 0 Å². The maximum Gasteiger partial charge on any atom is 0.390 e. The molecule has 0 radical (unpaired) electrons. The van der Waals surface area contributed by atoms with Crippen molar-refractivity contribution in [1.29, 1.82) is 0 Å². The van der Waals surface area contributed by atoms with E-state index in [0.717, 1.165) is 5.56 Å². The van der Waals surface area contributed by atoms with E-state index in [-0.39, 0.29) is 6.42 Å². The summed E-state index contributed by atoms with van der Waals surface area (Å²) in [5, 5.41) is 8.98. The van der Waals surface area contributed by atoms with Gasteiger partial charge in [0.15, 0.2) is 5.92 Å². The molecule has 0 aliphatic carbocycles. The molecule has 0 aliphatic rings. The molecule has 2 rings (SSSR count). The Labute approximate surface area is 148 Å². The Kier molecular flexibility index (Phi) is 6.38. The van der Waals surface area contributed by atoms with Gasteiger partial charge in [-0.3, -0.25) is 9.59 Å². The number of rotatable bonds is 7. The molecular formula is C19H17F3O4. The lowest BCUT2D eigenvalue weighted by atomic mass is 10.0. The molecule has 138 valence electrons. The molecule has 0 aromatic heterocycles. The maximum absolute atomic E-state index is 12.6. The molecule has 2 aromatic rings. The van der Waals surface area contributed by atoms with Gasteiger partial charge in [0.2, 0.25) is 0 Å². The monoisotopic (exact) mass is 366 g/mol. The van der Waals surface area contributed by atoms with Gasteiger partial charge in [-0.05, 0) is 11.1 Å². The molecule has 2 atom stereocenters. The number of halogens is 3. The molecule has 1 N–H and O–H groups in total. The highest BCUT2D eigenvalue weighted by atomic mass is 19.4. The summed E-state index contributed by atoms with van der Waals surface area (Å²) in [6.07, 6.45) is -7.23. The zero-order valence-electron chi connectivity index (χ0n) is 13.6. The standard InChI is InChI=1S/C19H17F3O4/c20-19(21,22)12-15(17(23)24)18(25)26-16(14-9-5-2-6-10-14)11-13-7-3-1-4-8-13/h1-10,15-16H,11-12H2,(H,23,24). The van der Waals surface area contributed by atoms with Crippen LogP contribution in [0, 0.1) is 5.92 Å². The first-order valence-electron chi connectivity index (χ1n) is 7.85. The summed E-state index contributed by atoms with van der Waals surface area (Å²) in [5.41, 5.74) is 1.37. The Morgan fingerprint density at radius 2 is 1.50 bits per heavy atom. The van der Waals surface area contributed by atoms with Crippen molar-refractivity contribution in [2.24, 2.45) is 5.92 Å². The summed E-state index contributed by atoms with van der Waals surface area (Å²) < 4.78 is 42.9. The zero-order valence-corrected chi connectivity index (χ0v) is 13.6. The average molecular weight is 366 g/mol. The van der Waals surface area contributed by atoms with Crippen LogP contribution >= 0.6 is 0 Å². The van der Waals surface area contributed by atoms with E-state index >= 15 is 0 Å². The molecule has 26 heavy (non-hydrogen) atoms. The molecule has 0 spiro atoms. The number of benzene rings is 2. The number of carbonyl (C=O) groups excluding carboxylic acids is 1. The van der Waals surface area contributed by atoms with E-state index in [2.05, 4.69) is 0 Å². The third-order valence-corrected chi connectivity index (χ3v) is 3.71. The number of hydrogen-bond acceptors (Lipinski definition) is 3. The fraction of sp³-hybridized carbons (Fsp3) is 0.263. The molecular weight excluding hydrogens is 349 g/mol. The summed E-state index contributed by atoms with van der Waals surface area (Å²) in [6, 6.07) is 17.4. The Morgan fingerprint density at radius 3 is 2.00 bits per heavy atom. The summed E-state index contributed by atoms with van der Waals surface area (Å²) in [5.74, 6) is -5.56. The predicted molar refractivity (Wildman–Crippen MR) is 87.2 cm³/mol. The number of aliphatic carboxylic acids is 1. The van der Waals surface area contributed by atoms with Crippen molar-refractivity contribution in [2.75, 3.05) is 0 Å². The summed E-state index contributed by atoms with van der Waals surface area (Å²) in [6.45, 7) is 0. The van der Waals surface area contributed by atoms with Crippen LogP contribution in [-0.4, -0.2) is 23.2 Å². The fourth-order valence-electron chi connectivity index (χ4n) is 2.45. The Bertz CT molecular complexity index is 729. The van der Waals surface area contributed by atoms with Crippen LogP contribution in [0.1, 0.15) is 23.7 Å². The minimum Gasteiger partial charge on any atom is -0.481 e. The van der Waals surface area contributed by atoms with E-state index in [9.17, 15) is 22.8 Å². The van der Waals surface area contributed by atoms with E-state index in [0.29, 0.717) is 5.56 Å². The third-order valence-electron chi connectivity index (χ3n) is 3.71. The summed E-state index contributed by atoms with van der Waals surface area (Å²) >= 11 is 0. The van der Waals surface area contributed by atoms with Gasteiger partial charge in [-0.2, -0.15) is 13.2 Å². The quantitative estimate of drug-likeness (QED) is 0.590. The third kappa shape index (κ3) is 5.91. The van der Waals surface area contributed by atoms with Gasteiger partial charge in [0.25, 0.3) is 0 Å². The Morgan fingerprint density at radius 1 is 0.962 bits per heavy atom. The van der Waals surface area contributed by atoms with Gasteiger partial charge in [0, 0.05) is 6.42 Å². The molecule has 0 heterocycles. The van der Waals surface area contributed by atoms with Gasteiger partial charge in [0.1, 0.15) is 6.10 Å². The van der Waals surface area contributed by atoms with Gasteiger partial charge in [-0.1, -0.05) is 60.7 Å². The molecule has 0 amide bonds. The zero-order chi connectivity index (χ0) is 19.2. The first-order chi connectivity index (χ1) is 12.3. The van der Waals surface area contributed by atoms with Crippen molar-refractivity contribution < 1.29 is 32.6 Å². The van der Waals surface area contributed by atoms with Crippen molar-refractivity contribution in [2.45, 2.75) is 25.1 Å². The largest absolute Gasteiger partial charge is 0.481 e. The first-order valence-corrected chi connectivity index (χ1v) is 7.85. The van der Waals surface area contributed by atoms with Gasteiger partial charge in [-0.25, -0.2) is 0 Å². The summed E-state index contributed by atoms with van der Waals surface area (Å²) in [7, 11) is 0. The highest BCUT2D eigenvalue weighted by molar-refractivity contribution is 5.94. The minimum absolute atomic E-state index is 0.217. The second-order valence-electron chi connectivity index (χ2n) is 5.74. The van der Waals surface area contributed by atoms with Crippen molar-refractivity contribution in [3.8, 4) is 0 Å². The van der Waals surface area contributed by atoms with Crippen LogP contribution in [0.5, 0.6) is 0 Å². The smallest absolute Gasteiger partial charge is 0.390 e. The van der Waals surface area contributed by atoms with Crippen LogP contribution in [0.4, 0.5) is 13.2 Å². The van der Waals surface area contributed by atoms with E-state index in [1.807, 2.05) is 0 Å². The van der Waals surface area contributed by atoms with Crippen LogP contribution in [0.2, 0.25) is 0 Å². The van der Waals surface area contributed by atoms with Gasteiger partial charge in [0.05, 0.1) is 6.42 Å². The van der Waals surface area contributed by atoms with E-state index in [1.54, 1.807) is 60.7 Å². The molecule has 2 aromatic carbocycles. The number of esters is 1. The van der Waals surface area contributed by atoms with Gasteiger partial charge >= 0.3 is 18.1 Å². The highest BCUT2D eigenvalue weighted by Gasteiger charge is 2.41. The lowest BCUT2D eigenvalue weighted by Gasteiger charge is -2.21. The molecule has 0 aliphatic heterocycles. The molecule has 0 fully saturated rings. The number of alkyl halides is 3. The van der Waals surface area contributed by atoms with Gasteiger partial charge < -0.3 is 9.84 Å². The van der Waals surface area contributed by atoms with Gasteiger partial charge in [-0.15, -0.1) is 0 Å². The second kappa shape index (κ2) is 8.51. The van der Waals surface area contributed by atoms with Crippen molar-refractivity contribution in [1.82, 2.24) is 0 Å². The minimum atomic E-state index is -4.79. The normalized spacial score (nSPS) is 13.7. The molecule has 4 nitrogen and oxygen atoms in total.